The number of likely N-dealkylation sites (tertiary alicyclic amines) is 1. The van der Waals surface area contributed by atoms with Crippen LogP contribution in [0.4, 0.5) is 0 Å². The maximum Gasteiger partial charge on any atom is 0.254 e. The average molecular weight is 363 g/mol. The molecule has 92 valence electrons. The summed E-state index contributed by atoms with van der Waals surface area (Å²) in [5.41, 5.74) is 0.800. The first-order valence-electron chi connectivity index (χ1n) is 5.86. The van der Waals surface area contributed by atoms with E-state index in [1.165, 1.54) is 0 Å². The molecule has 3 unspecified atom stereocenters. The Bertz CT molecular complexity index is 447. The number of fused-ring (bicyclic) bond motifs is 1. The largest absolute Gasteiger partial charge is 0.393 e. The van der Waals surface area contributed by atoms with Crippen LogP contribution in [0.3, 0.4) is 0 Å². The summed E-state index contributed by atoms with van der Waals surface area (Å²) in [4.78, 5) is 14.2. The molecular weight excluding hydrogens is 349 g/mol. The summed E-state index contributed by atoms with van der Waals surface area (Å²) in [5.74, 6) is 0.967. The summed E-state index contributed by atoms with van der Waals surface area (Å²) in [5, 5.41) is 11.8. The number of rotatable bonds is 1. The minimum Gasteiger partial charge on any atom is -0.393 e. The summed E-state index contributed by atoms with van der Waals surface area (Å²) in [7, 11) is 0. The molecule has 17 heavy (non-hydrogen) atoms. The number of amides is 1. The molecule has 3 nitrogen and oxygen atoms in total. The van der Waals surface area contributed by atoms with Gasteiger partial charge in [0.15, 0.2) is 0 Å². The van der Waals surface area contributed by atoms with Gasteiger partial charge in [-0.1, -0.05) is 0 Å². The summed E-state index contributed by atoms with van der Waals surface area (Å²) >= 11 is 3.84. The second-order valence-electron chi connectivity index (χ2n) is 4.92. The zero-order chi connectivity index (χ0) is 12.0. The van der Waals surface area contributed by atoms with E-state index in [1.54, 1.807) is 11.3 Å². The van der Waals surface area contributed by atoms with Gasteiger partial charge in [-0.05, 0) is 47.4 Å². The molecule has 2 aliphatic rings. The fourth-order valence-corrected chi connectivity index (χ4v) is 4.33. The second-order valence-corrected chi connectivity index (χ2v) is 7.72. The van der Waals surface area contributed by atoms with Gasteiger partial charge in [-0.25, -0.2) is 0 Å². The van der Waals surface area contributed by atoms with Gasteiger partial charge in [-0.2, -0.15) is 0 Å². The molecular formula is C12H14INO2S. The molecule has 1 saturated heterocycles. The van der Waals surface area contributed by atoms with E-state index in [9.17, 15) is 9.90 Å². The fraction of sp³-hybridized carbons (Fsp3) is 0.583. The van der Waals surface area contributed by atoms with Crippen molar-refractivity contribution < 1.29 is 9.90 Å². The molecule has 3 atom stereocenters. The fourth-order valence-electron chi connectivity index (χ4n) is 3.01. The van der Waals surface area contributed by atoms with E-state index in [4.69, 9.17) is 0 Å². The number of aliphatic hydroxyl groups is 1. The molecule has 3 rings (SSSR count). The summed E-state index contributed by atoms with van der Waals surface area (Å²) in [6.07, 6.45) is 1.78. The van der Waals surface area contributed by atoms with Gasteiger partial charge >= 0.3 is 0 Å². The predicted molar refractivity (Wildman–Crippen MR) is 75.2 cm³/mol. The lowest BCUT2D eigenvalue weighted by Gasteiger charge is -2.17. The Labute approximate surface area is 118 Å². The molecule has 1 aromatic rings. The molecule has 1 amide bonds. The average Bonchev–Trinajstić information content (AvgIpc) is 2.96. The lowest BCUT2D eigenvalue weighted by Crippen LogP contribution is -2.30. The monoisotopic (exact) mass is 363 g/mol. The third-order valence-corrected chi connectivity index (χ3v) is 5.71. The Morgan fingerprint density at radius 1 is 1.47 bits per heavy atom. The van der Waals surface area contributed by atoms with Gasteiger partial charge in [-0.3, -0.25) is 4.79 Å². The van der Waals surface area contributed by atoms with Gasteiger partial charge in [0.2, 0.25) is 0 Å². The predicted octanol–water partition coefficient (Wildman–Crippen LogP) is 2.20. The van der Waals surface area contributed by atoms with Crippen molar-refractivity contribution in [2.75, 3.05) is 13.1 Å². The molecule has 0 bridgehead atoms. The molecule has 1 N–H and O–H groups in total. The minimum atomic E-state index is -0.194. The first-order chi connectivity index (χ1) is 8.15. The maximum absolute atomic E-state index is 12.2. The van der Waals surface area contributed by atoms with Gasteiger partial charge in [0.05, 0.1) is 14.6 Å². The Morgan fingerprint density at radius 2 is 2.29 bits per heavy atom. The summed E-state index contributed by atoms with van der Waals surface area (Å²) in [6, 6.07) is 1.94. The highest BCUT2D eigenvalue weighted by Gasteiger charge is 2.43. The molecule has 1 aromatic heterocycles. The van der Waals surface area contributed by atoms with Crippen LogP contribution in [-0.2, 0) is 0 Å². The quantitative estimate of drug-likeness (QED) is 0.778. The molecule has 2 fully saturated rings. The minimum absolute atomic E-state index is 0.130. The number of thiophene rings is 1. The third kappa shape index (κ3) is 2.13. The number of hydrogen-bond donors (Lipinski definition) is 1. The lowest BCUT2D eigenvalue weighted by atomic mass is 10.00. The highest BCUT2D eigenvalue weighted by Crippen LogP contribution is 2.38. The van der Waals surface area contributed by atoms with E-state index in [2.05, 4.69) is 22.6 Å². The third-order valence-electron chi connectivity index (χ3n) is 3.92. The van der Waals surface area contributed by atoms with Crippen molar-refractivity contribution in [2.45, 2.75) is 18.9 Å². The van der Waals surface area contributed by atoms with Crippen LogP contribution in [-0.4, -0.2) is 35.1 Å². The van der Waals surface area contributed by atoms with E-state index >= 15 is 0 Å². The Morgan fingerprint density at radius 3 is 2.94 bits per heavy atom. The molecule has 0 radical (unpaired) electrons. The van der Waals surface area contributed by atoms with Gasteiger partial charge in [0.25, 0.3) is 5.91 Å². The number of nitrogens with zero attached hydrogens (tertiary/aromatic N) is 1. The number of aliphatic hydroxyl groups excluding tert-OH is 1. The molecule has 0 spiro atoms. The molecule has 1 saturated carbocycles. The van der Waals surface area contributed by atoms with E-state index < -0.39 is 0 Å². The zero-order valence-electron chi connectivity index (χ0n) is 9.30. The number of carbonyl (C=O) groups is 1. The molecule has 5 heteroatoms. The highest BCUT2D eigenvalue weighted by atomic mass is 127. The topological polar surface area (TPSA) is 40.5 Å². The normalized spacial score (nSPS) is 31.9. The van der Waals surface area contributed by atoms with Crippen LogP contribution >= 0.6 is 33.9 Å². The lowest BCUT2D eigenvalue weighted by molar-refractivity contribution is 0.0753. The highest BCUT2D eigenvalue weighted by molar-refractivity contribution is 14.1. The van der Waals surface area contributed by atoms with Crippen molar-refractivity contribution in [3.8, 4) is 0 Å². The van der Waals surface area contributed by atoms with Gasteiger partial charge < -0.3 is 10.0 Å². The Kier molecular flexibility index (Phi) is 3.16. The van der Waals surface area contributed by atoms with Crippen LogP contribution in [0.2, 0.25) is 0 Å². The number of hydrogen-bond acceptors (Lipinski definition) is 3. The van der Waals surface area contributed by atoms with Crippen molar-refractivity contribution in [2.24, 2.45) is 11.8 Å². The Balaban J connectivity index is 1.73. The van der Waals surface area contributed by atoms with E-state index in [0.29, 0.717) is 11.8 Å². The van der Waals surface area contributed by atoms with E-state index in [1.807, 2.05) is 16.3 Å². The van der Waals surface area contributed by atoms with Crippen LogP contribution in [0.5, 0.6) is 0 Å². The molecule has 0 aromatic carbocycles. The molecule has 2 heterocycles. The first-order valence-corrected chi connectivity index (χ1v) is 7.82. The second kappa shape index (κ2) is 4.51. The maximum atomic E-state index is 12.2. The van der Waals surface area contributed by atoms with Crippen molar-refractivity contribution >= 4 is 39.8 Å². The van der Waals surface area contributed by atoms with Gasteiger partial charge in [-0.15, -0.1) is 11.3 Å². The van der Waals surface area contributed by atoms with Crippen LogP contribution in [0.15, 0.2) is 11.4 Å². The Hall–Kier alpha value is -0.140. The van der Waals surface area contributed by atoms with Crippen LogP contribution in [0.1, 0.15) is 23.2 Å². The van der Waals surface area contributed by atoms with Crippen LogP contribution in [0.25, 0.3) is 0 Å². The smallest absolute Gasteiger partial charge is 0.254 e. The molecule has 1 aliphatic heterocycles. The van der Waals surface area contributed by atoms with Crippen molar-refractivity contribution in [3.05, 3.63) is 19.9 Å². The molecule has 1 aliphatic carbocycles. The van der Waals surface area contributed by atoms with Gasteiger partial charge in [0.1, 0.15) is 0 Å². The van der Waals surface area contributed by atoms with E-state index in [-0.39, 0.29) is 12.0 Å². The van der Waals surface area contributed by atoms with Gasteiger partial charge in [0, 0.05) is 24.4 Å². The first kappa shape index (κ1) is 11.9. The van der Waals surface area contributed by atoms with Crippen LogP contribution in [0, 0.1) is 14.7 Å². The van der Waals surface area contributed by atoms with Crippen molar-refractivity contribution in [3.63, 3.8) is 0 Å². The summed E-state index contributed by atoms with van der Waals surface area (Å²) < 4.78 is 1.14. The summed E-state index contributed by atoms with van der Waals surface area (Å²) in [6.45, 7) is 1.56. The number of halogens is 1. The SMILES string of the molecule is O=C(c1csc(I)c1)N1CC2CCC(O)C2C1. The van der Waals surface area contributed by atoms with Crippen LogP contribution < -0.4 is 0 Å². The zero-order valence-corrected chi connectivity index (χ0v) is 12.3. The number of carbonyl (C=O) groups excluding carboxylic acids is 1. The van der Waals surface area contributed by atoms with E-state index in [0.717, 1.165) is 34.4 Å². The van der Waals surface area contributed by atoms with Crippen molar-refractivity contribution in [1.29, 1.82) is 0 Å². The standard InChI is InChI=1S/C12H14INO2S/c13-11-3-8(6-17-11)12(16)14-4-7-1-2-10(15)9(7)5-14/h3,6-7,9-10,15H,1-2,4-5H2. The van der Waals surface area contributed by atoms with Crippen molar-refractivity contribution in [1.82, 2.24) is 4.90 Å².